The summed E-state index contributed by atoms with van der Waals surface area (Å²) in [5, 5.41) is 5.29. The van der Waals surface area contributed by atoms with Crippen molar-refractivity contribution >= 4 is 23.5 Å². The first-order valence-corrected chi connectivity index (χ1v) is 9.44. The highest BCUT2D eigenvalue weighted by atomic mass is 16.5. The standard InChI is InChI=1S/C20H25N5O4/c1-28-15-4-5-17(29-2)16(12-15)24-19(27)18(26)23-13-14-6-10-25(11-7-14)20-21-8-3-9-22-20/h3-5,8-9,12,14H,6-7,10-11,13H2,1-2H3,(H,23,26)(H,24,27). The number of hydrogen-bond donors (Lipinski definition) is 2. The minimum absolute atomic E-state index is 0.304. The fraction of sp³-hybridized carbons (Fsp3) is 0.400. The molecule has 3 rings (SSSR count). The molecular weight excluding hydrogens is 374 g/mol. The van der Waals surface area contributed by atoms with Crippen LogP contribution in [0.5, 0.6) is 11.5 Å². The van der Waals surface area contributed by atoms with E-state index in [-0.39, 0.29) is 0 Å². The van der Waals surface area contributed by atoms with Gasteiger partial charge in [-0.3, -0.25) is 9.59 Å². The Bertz CT molecular complexity index is 838. The van der Waals surface area contributed by atoms with Crippen LogP contribution in [0.15, 0.2) is 36.7 Å². The van der Waals surface area contributed by atoms with Crippen LogP contribution in [-0.4, -0.2) is 55.6 Å². The molecule has 0 saturated carbocycles. The molecule has 154 valence electrons. The van der Waals surface area contributed by atoms with Gasteiger partial charge in [0.15, 0.2) is 0 Å². The van der Waals surface area contributed by atoms with Gasteiger partial charge in [-0.2, -0.15) is 0 Å². The number of methoxy groups -OCH3 is 2. The normalized spacial score (nSPS) is 14.2. The number of piperidine rings is 1. The third-order valence-electron chi connectivity index (χ3n) is 4.86. The Morgan fingerprint density at radius 1 is 1.10 bits per heavy atom. The van der Waals surface area contributed by atoms with E-state index in [9.17, 15) is 9.59 Å². The molecule has 1 saturated heterocycles. The second-order valence-electron chi connectivity index (χ2n) is 6.71. The molecule has 2 N–H and O–H groups in total. The van der Waals surface area contributed by atoms with E-state index in [2.05, 4.69) is 25.5 Å². The zero-order chi connectivity index (χ0) is 20.6. The van der Waals surface area contributed by atoms with Crippen molar-refractivity contribution in [3.05, 3.63) is 36.7 Å². The highest BCUT2D eigenvalue weighted by molar-refractivity contribution is 6.39. The fourth-order valence-electron chi connectivity index (χ4n) is 3.20. The van der Waals surface area contributed by atoms with Gasteiger partial charge in [-0.15, -0.1) is 0 Å². The molecule has 2 amide bonds. The summed E-state index contributed by atoms with van der Waals surface area (Å²) in [7, 11) is 3.01. The number of rotatable bonds is 6. The smallest absolute Gasteiger partial charge is 0.313 e. The van der Waals surface area contributed by atoms with Gasteiger partial charge >= 0.3 is 11.8 Å². The lowest BCUT2D eigenvalue weighted by Gasteiger charge is -2.31. The first-order chi connectivity index (χ1) is 14.1. The molecule has 0 atom stereocenters. The average molecular weight is 399 g/mol. The average Bonchev–Trinajstić information content (AvgIpc) is 2.78. The lowest BCUT2D eigenvalue weighted by atomic mass is 9.97. The predicted octanol–water partition coefficient (Wildman–Crippen LogP) is 1.47. The number of carbonyl (C=O) groups is 2. The van der Waals surface area contributed by atoms with Crippen molar-refractivity contribution in [3.63, 3.8) is 0 Å². The summed E-state index contributed by atoms with van der Waals surface area (Å²) < 4.78 is 10.4. The van der Waals surface area contributed by atoms with Crippen molar-refractivity contribution in [3.8, 4) is 11.5 Å². The van der Waals surface area contributed by atoms with Gasteiger partial charge in [0.2, 0.25) is 5.95 Å². The second kappa shape index (κ2) is 9.72. The van der Waals surface area contributed by atoms with Gasteiger partial charge in [-0.1, -0.05) is 0 Å². The van der Waals surface area contributed by atoms with Crippen LogP contribution in [0.25, 0.3) is 0 Å². The van der Waals surface area contributed by atoms with Crippen LogP contribution in [0, 0.1) is 5.92 Å². The van der Waals surface area contributed by atoms with Crippen molar-refractivity contribution in [2.24, 2.45) is 5.92 Å². The SMILES string of the molecule is COc1ccc(OC)c(NC(=O)C(=O)NCC2CCN(c3ncccn3)CC2)c1. The molecule has 2 heterocycles. The van der Waals surface area contributed by atoms with Gasteiger partial charge in [-0.25, -0.2) is 9.97 Å². The largest absolute Gasteiger partial charge is 0.497 e. The lowest BCUT2D eigenvalue weighted by molar-refractivity contribution is -0.136. The summed E-state index contributed by atoms with van der Waals surface area (Å²) in [5.41, 5.74) is 0.378. The fourth-order valence-corrected chi connectivity index (χ4v) is 3.20. The lowest BCUT2D eigenvalue weighted by Crippen LogP contribution is -2.42. The number of benzene rings is 1. The Balaban J connectivity index is 1.47. The first-order valence-electron chi connectivity index (χ1n) is 9.44. The van der Waals surface area contributed by atoms with Crippen molar-refractivity contribution in [1.82, 2.24) is 15.3 Å². The third kappa shape index (κ3) is 5.34. The summed E-state index contributed by atoms with van der Waals surface area (Å²) in [6.45, 7) is 2.08. The van der Waals surface area contributed by atoms with Crippen LogP contribution in [0.2, 0.25) is 0 Å². The summed E-state index contributed by atoms with van der Waals surface area (Å²) in [5.74, 6) is 0.605. The Labute approximate surface area is 169 Å². The number of carbonyl (C=O) groups excluding carboxylic acids is 2. The molecule has 0 unspecified atom stereocenters. The van der Waals surface area contributed by atoms with Gasteiger partial charge in [-0.05, 0) is 37.0 Å². The monoisotopic (exact) mass is 399 g/mol. The summed E-state index contributed by atoms with van der Waals surface area (Å²) in [6.07, 6.45) is 5.24. The minimum Gasteiger partial charge on any atom is -0.497 e. The zero-order valence-corrected chi connectivity index (χ0v) is 16.6. The molecule has 1 aromatic heterocycles. The highest BCUT2D eigenvalue weighted by Crippen LogP contribution is 2.28. The van der Waals surface area contributed by atoms with Crippen LogP contribution >= 0.6 is 0 Å². The molecular formula is C20H25N5O4. The molecule has 1 aliphatic heterocycles. The molecule has 29 heavy (non-hydrogen) atoms. The maximum absolute atomic E-state index is 12.2. The van der Waals surface area contributed by atoms with Crippen LogP contribution < -0.4 is 25.0 Å². The number of anilines is 2. The molecule has 9 heteroatoms. The number of hydrogen-bond acceptors (Lipinski definition) is 7. The van der Waals surface area contributed by atoms with Crippen molar-refractivity contribution < 1.29 is 19.1 Å². The summed E-state index contributed by atoms with van der Waals surface area (Å²) in [6, 6.07) is 6.77. The Kier molecular flexibility index (Phi) is 6.83. The summed E-state index contributed by atoms with van der Waals surface area (Å²) >= 11 is 0. The van der Waals surface area contributed by atoms with Crippen molar-refractivity contribution in [2.75, 3.05) is 44.1 Å². The molecule has 1 aromatic carbocycles. The van der Waals surface area contributed by atoms with Crippen LogP contribution in [0.4, 0.5) is 11.6 Å². The van der Waals surface area contributed by atoms with Gasteiger partial charge in [0.25, 0.3) is 0 Å². The molecule has 9 nitrogen and oxygen atoms in total. The molecule has 1 fully saturated rings. The second-order valence-corrected chi connectivity index (χ2v) is 6.71. The van der Waals surface area contributed by atoms with E-state index in [0.29, 0.717) is 29.6 Å². The third-order valence-corrected chi connectivity index (χ3v) is 4.86. The van der Waals surface area contributed by atoms with Gasteiger partial charge in [0, 0.05) is 38.1 Å². The molecule has 0 bridgehead atoms. The van der Waals surface area contributed by atoms with E-state index in [4.69, 9.17) is 9.47 Å². The zero-order valence-electron chi connectivity index (χ0n) is 16.6. The molecule has 0 spiro atoms. The Morgan fingerprint density at radius 3 is 2.48 bits per heavy atom. The van der Waals surface area contributed by atoms with Gasteiger partial charge in [0.05, 0.1) is 19.9 Å². The van der Waals surface area contributed by atoms with E-state index in [1.165, 1.54) is 14.2 Å². The maximum atomic E-state index is 12.2. The van der Waals surface area contributed by atoms with Crippen molar-refractivity contribution in [2.45, 2.75) is 12.8 Å². The number of amides is 2. The van der Waals surface area contributed by atoms with E-state index < -0.39 is 11.8 Å². The molecule has 1 aliphatic rings. The topological polar surface area (TPSA) is 106 Å². The van der Waals surface area contributed by atoms with E-state index in [0.717, 1.165) is 31.9 Å². The van der Waals surface area contributed by atoms with E-state index in [1.807, 2.05) is 0 Å². The minimum atomic E-state index is -0.744. The van der Waals surface area contributed by atoms with E-state index in [1.54, 1.807) is 36.7 Å². The van der Waals surface area contributed by atoms with Crippen LogP contribution in [-0.2, 0) is 9.59 Å². The number of nitrogens with one attached hydrogen (secondary N) is 2. The number of ether oxygens (including phenoxy) is 2. The van der Waals surface area contributed by atoms with E-state index >= 15 is 0 Å². The summed E-state index contributed by atoms with van der Waals surface area (Å²) in [4.78, 5) is 35.1. The van der Waals surface area contributed by atoms with Gasteiger partial charge in [0.1, 0.15) is 11.5 Å². The Morgan fingerprint density at radius 2 is 1.83 bits per heavy atom. The van der Waals surface area contributed by atoms with Crippen LogP contribution in [0.3, 0.4) is 0 Å². The quantitative estimate of drug-likeness (QED) is 0.709. The molecule has 2 aromatic rings. The van der Waals surface area contributed by atoms with Crippen LogP contribution in [0.1, 0.15) is 12.8 Å². The highest BCUT2D eigenvalue weighted by Gasteiger charge is 2.23. The maximum Gasteiger partial charge on any atom is 0.313 e. The number of nitrogens with zero attached hydrogens (tertiary/aromatic N) is 3. The van der Waals surface area contributed by atoms with Gasteiger partial charge < -0.3 is 25.0 Å². The predicted molar refractivity (Wildman–Crippen MR) is 108 cm³/mol. The first kappa shape index (κ1) is 20.4. The molecule has 0 radical (unpaired) electrons. The number of aromatic nitrogens is 2. The molecule has 0 aliphatic carbocycles. The Hall–Kier alpha value is -3.36. The van der Waals surface area contributed by atoms with Crippen molar-refractivity contribution in [1.29, 1.82) is 0 Å².